The molecule has 1 aromatic rings. The molecule has 0 aromatic heterocycles. The highest BCUT2D eigenvalue weighted by Gasteiger charge is 2.26. The van der Waals surface area contributed by atoms with Gasteiger partial charge in [0.15, 0.2) is 0 Å². The third kappa shape index (κ3) is 4.05. The number of piperidine rings is 1. The Balaban J connectivity index is 1.56. The van der Waals surface area contributed by atoms with E-state index in [1.807, 2.05) is 12.1 Å². The van der Waals surface area contributed by atoms with Crippen LogP contribution in [0.5, 0.6) is 0 Å². The van der Waals surface area contributed by atoms with Crippen LogP contribution >= 0.6 is 0 Å². The molecular formula is C17H27N3O2S. The molecule has 0 atom stereocenters. The van der Waals surface area contributed by atoms with Crippen LogP contribution in [0, 0.1) is 5.92 Å². The molecule has 2 aliphatic heterocycles. The Morgan fingerprint density at radius 3 is 2.26 bits per heavy atom. The monoisotopic (exact) mass is 337 g/mol. The van der Waals surface area contributed by atoms with Crippen LogP contribution in [0.1, 0.15) is 25.7 Å². The maximum atomic E-state index is 12.5. The fourth-order valence-electron chi connectivity index (χ4n) is 3.35. The van der Waals surface area contributed by atoms with E-state index in [1.165, 1.54) is 25.9 Å². The van der Waals surface area contributed by atoms with Crippen molar-refractivity contribution in [2.75, 3.05) is 45.1 Å². The molecule has 2 saturated heterocycles. The number of benzene rings is 1. The van der Waals surface area contributed by atoms with Crippen molar-refractivity contribution in [1.82, 2.24) is 9.21 Å². The summed E-state index contributed by atoms with van der Waals surface area (Å²) in [4.78, 5) is 2.78. The van der Waals surface area contributed by atoms with Crippen molar-refractivity contribution >= 4 is 15.7 Å². The maximum absolute atomic E-state index is 12.5. The van der Waals surface area contributed by atoms with Gasteiger partial charge < -0.3 is 10.2 Å². The normalized spacial score (nSPS) is 21.6. The van der Waals surface area contributed by atoms with Crippen molar-refractivity contribution in [3.05, 3.63) is 24.3 Å². The lowest BCUT2D eigenvalue weighted by Gasteiger charge is -2.29. The van der Waals surface area contributed by atoms with Gasteiger partial charge in [-0.1, -0.05) is 0 Å². The predicted molar refractivity (Wildman–Crippen MR) is 93.1 cm³/mol. The van der Waals surface area contributed by atoms with Crippen LogP contribution in [-0.4, -0.2) is 57.4 Å². The Morgan fingerprint density at radius 2 is 1.65 bits per heavy atom. The van der Waals surface area contributed by atoms with E-state index in [1.54, 1.807) is 16.4 Å². The zero-order valence-electron chi connectivity index (χ0n) is 13.9. The van der Waals surface area contributed by atoms with Crippen molar-refractivity contribution in [2.24, 2.45) is 5.92 Å². The fraction of sp³-hybridized carbons (Fsp3) is 0.647. The molecule has 1 aromatic carbocycles. The molecule has 0 radical (unpaired) electrons. The van der Waals surface area contributed by atoms with Crippen LogP contribution in [0.25, 0.3) is 0 Å². The number of hydrogen-bond donors (Lipinski definition) is 1. The maximum Gasteiger partial charge on any atom is 0.243 e. The van der Waals surface area contributed by atoms with Crippen molar-refractivity contribution in [1.29, 1.82) is 0 Å². The number of nitrogens with one attached hydrogen (secondary N) is 1. The first kappa shape index (κ1) is 16.7. The molecule has 2 aliphatic rings. The summed E-state index contributed by atoms with van der Waals surface area (Å²) in [6, 6.07) is 7.23. The SMILES string of the molecule is CN1CCC(CNc2ccc(S(=O)(=O)N3CCCC3)cc2)CC1. The molecule has 2 fully saturated rings. The topological polar surface area (TPSA) is 52.7 Å². The summed E-state index contributed by atoms with van der Waals surface area (Å²) in [7, 11) is -1.13. The molecule has 6 heteroatoms. The molecule has 0 unspecified atom stereocenters. The minimum absolute atomic E-state index is 0.407. The summed E-state index contributed by atoms with van der Waals surface area (Å²) in [5, 5.41) is 3.45. The molecule has 23 heavy (non-hydrogen) atoms. The van der Waals surface area contributed by atoms with E-state index in [4.69, 9.17) is 0 Å². The van der Waals surface area contributed by atoms with Gasteiger partial charge >= 0.3 is 0 Å². The van der Waals surface area contributed by atoms with Gasteiger partial charge in [0, 0.05) is 25.3 Å². The van der Waals surface area contributed by atoms with Crippen molar-refractivity contribution in [3.8, 4) is 0 Å². The van der Waals surface area contributed by atoms with Gasteiger partial charge in [0.05, 0.1) is 4.90 Å². The Hall–Kier alpha value is -1.11. The molecule has 0 spiro atoms. The largest absolute Gasteiger partial charge is 0.385 e. The van der Waals surface area contributed by atoms with Crippen LogP contribution in [0.15, 0.2) is 29.2 Å². The average molecular weight is 337 g/mol. The van der Waals surface area contributed by atoms with Crippen molar-refractivity contribution in [3.63, 3.8) is 0 Å². The quantitative estimate of drug-likeness (QED) is 0.895. The van der Waals surface area contributed by atoms with Crippen molar-refractivity contribution < 1.29 is 8.42 Å². The van der Waals surface area contributed by atoms with Gasteiger partial charge in [-0.2, -0.15) is 4.31 Å². The second-order valence-corrected chi connectivity index (χ2v) is 8.70. The molecule has 0 bridgehead atoms. The lowest BCUT2D eigenvalue weighted by atomic mass is 9.97. The Morgan fingerprint density at radius 1 is 1.04 bits per heavy atom. The van der Waals surface area contributed by atoms with Gasteiger partial charge in [-0.15, -0.1) is 0 Å². The molecule has 0 aliphatic carbocycles. The van der Waals surface area contributed by atoms with E-state index in [-0.39, 0.29) is 0 Å². The Labute approximate surface area is 139 Å². The zero-order valence-corrected chi connectivity index (χ0v) is 14.7. The van der Waals surface area contributed by atoms with E-state index in [2.05, 4.69) is 17.3 Å². The van der Waals surface area contributed by atoms with Crippen LogP contribution < -0.4 is 5.32 Å². The van der Waals surface area contributed by atoms with Crippen LogP contribution in [0.4, 0.5) is 5.69 Å². The van der Waals surface area contributed by atoms with Gasteiger partial charge in [0.1, 0.15) is 0 Å². The van der Waals surface area contributed by atoms with E-state index >= 15 is 0 Å². The van der Waals surface area contributed by atoms with Crippen molar-refractivity contribution in [2.45, 2.75) is 30.6 Å². The first-order valence-electron chi connectivity index (χ1n) is 8.58. The van der Waals surface area contributed by atoms with E-state index in [0.717, 1.165) is 25.1 Å². The van der Waals surface area contributed by atoms with Crippen LogP contribution in [0.3, 0.4) is 0 Å². The van der Waals surface area contributed by atoms with Crippen LogP contribution in [0.2, 0.25) is 0 Å². The highest BCUT2D eigenvalue weighted by molar-refractivity contribution is 7.89. The zero-order chi connectivity index (χ0) is 16.3. The van der Waals surface area contributed by atoms with Gasteiger partial charge in [-0.3, -0.25) is 0 Å². The molecule has 128 valence electrons. The predicted octanol–water partition coefficient (Wildman–Crippen LogP) is 2.22. The Bertz CT molecular complexity index is 601. The minimum Gasteiger partial charge on any atom is -0.385 e. The summed E-state index contributed by atoms with van der Waals surface area (Å²) >= 11 is 0. The smallest absolute Gasteiger partial charge is 0.243 e. The molecule has 3 rings (SSSR count). The number of anilines is 1. The molecule has 5 nitrogen and oxygen atoms in total. The number of nitrogens with zero attached hydrogens (tertiary/aromatic N) is 2. The second kappa shape index (κ2) is 7.20. The summed E-state index contributed by atoms with van der Waals surface area (Å²) in [5.74, 6) is 0.708. The van der Waals surface area contributed by atoms with E-state index in [0.29, 0.717) is 23.9 Å². The highest BCUT2D eigenvalue weighted by atomic mass is 32.2. The lowest BCUT2D eigenvalue weighted by molar-refractivity contribution is 0.226. The van der Waals surface area contributed by atoms with E-state index in [9.17, 15) is 8.42 Å². The minimum atomic E-state index is -3.30. The first-order chi connectivity index (χ1) is 11.1. The van der Waals surface area contributed by atoms with Gasteiger partial charge in [-0.05, 0) is 76.0 Å². The second-order valence-electron chi connectivity index (χ2n) is 6.76. The third-order valence-corrected chi connectivity index (χ3v) is 6.90. The molecular weight excluding hydrogens is 310 g/mol. The summed E-state index contributed by atoms with van der Waals surface area (Å²) < 4.78 is 26.6. The van der Waals surface area contributed by atoms with Gasteiger partial charge in [-0.25, -0.2) is 8.42 Å². The molecule has 0 amide bonds. The number of sulfonamides is 1. The highest BCUT2D eigenvalue weighted by Crippen LogP contribution is 2.23. The summed E-state index contributed by atoms with van der Waals surface area (Å²) in [6.07, 6.45) is 4.39. The summed E-state index contributed by atoms with van der Waals surface area (Å²) in [6.45, 7) is 4.60. The molecule has 0 saturated carbocycles. The summed E-state index contributed by atoms with van der Waals surface area (Å²) in [5.41, 5.74) is 1.00. The van der Waals surface area contributed by atoms with E-state index < -0.39 is 10.0 Å². The standard InChI is InChI=1S/C17H27N3O2S/c1-19-12-8-15(9-13-19)14-18-16-4-6-17(7-5-16)23(21,22)20-10-2-3-11-20/h4-7,15,18H,2-3,8-14H2,1H3. The third-order valence-electron chi connectivity index (χ3n) is 4.99. The number of hydrogen-bond acceptors (Lipinski definition) is 4. The number of likely N-dealkylation sites (tertiary alicyclic amines) is 1. The molecule has 2 heterocycles. The lowest BCUT2D eigenvalue weighted by Crippen LogP contribution is -2.32. The van der Waals surface area contributed by atoms with Crippen LogP contribution in [-0.2, 0) is 10.0 Å². The first-order valence-corrected chi connectivity index (χ1v) is 10.0. The number of rotatable bonds is 5. The fourth-order valence-corrected chi connectivity index (χ4v) is 4.87. The van der Waals surface area contributed by atoms with Gasteiger partial charge in [0.2, 0.25) is 10.0 Å². The average Bonchev–Trinajstić information content (AvgIpc) is 3.10. The van der Waals surface area contributed by atoms with Gasteiger partial charge in [0.25, 0.3) is 0 Å². The molecule has 1 N–H and O–H groups in total. The Kier molecular flexibility index (Phi) is 5.24.